The third-order valence-electron chi connectivity index (χ3n) is 13.8. The minimum absolute atomic E-state index is 0.0447. The van der Waals surface area contributed by atoms with Crippen LogP contribution in [0.15, 0.2) is 114 Å². The molecule has 5 atom stereocenters. The van der Waals surface area contributed by atoms with Crippen molar-refractivity contribution in [2.45, 2.75) is 96.3 Å². The van der Waals surface area contributed by atoms with Crippen molar-refractivity contribution < 1.29 is 33.7 Å². The molecular weight excluding hydrogens is 795 g/mol. The van der Waals surface area contributed by atoms with Crippen molar-refractivity contribution in [3.05, 3.63) is 131 Å². The first-order valence-electron chi connectivity index (χ1n) is 21.9. The average Bonchev–Trinajstić information content (AvgIpc) is 3.70. The maximum atomic E-state index is 15.7. The van der Waals surface area contributed by atoms with Crippen molar-refractivity contribution in [1.82, 2.24) is 4.90 Å². The fourth-order valence-corrected chi connectivity index (χ4v) is 14.5. The van der Waals surface area contributed by atoms with E-state index in [1.54, 1.807) is 16.9 Å². The Bertz CT molecular complexity index is 2420. The molecule has 4 aliphatic rings. The normalized spacial score (nSPS) is 23.2. The Labute approximate surface area is 366 Å². The lowest BCUT2D eigenvalue weighted by molar-refractivity contribution is -0.150. The van der Waals surface area contributed by atoms with Crippen molar-refractivity contribution in [2.75, 3.05) is 36.7 Å². The number of fused-ring (bicyclic) bond motifs is 4. The first kappa shape index (κ1) is 43.2. The van der Waals surface area contributed by atoms with Crippen LogP contribution in [0, 0.1) is 5.92 Å². The molecule has 11 heteroatoms. The van der Waals surface area contributed by atoms with E-state index in [2.05, 4.69) is 71.1 Å². The van der Waals surface area contributed by atoms with Gasteiger partial charge in [-0.25, -0.2) is 0 Å². The monoisotopic (exact) mass is 853 g/mol. The van der Waals surface area contributed by atoms with Crippen molar-refractivity contribution in [3.8, 4) is 11.5 Å². The number of hydrogen-bond donors (Lipinski definition) is 1. The summed E-state index contributed by atoms with van der Waals surface area (Å²) < 4.78 is 18.8. The summed E-state index contributed by atoms with van der Waals surface area (Å²) in [6.45, 7) is 13.5. The number of para-hydroxylation sites is 2. The van der Waals surface area contributed by atoms with E-state index < -0.39 is 19.8 Å². The molecule has 8 rings (SSSR count). The zero-order valence-corrected chi connectivity index (χ0v) is 38.0. The quantitative estimate of drug-likeness (QED) is 0.113. The van der Waals surface area contributed by atoms with Gasteiger partial charge in [-0.2, -0.15) is 0 Å². The van der Waals surface area contributed by atoms with E-state index >= 15 is 4.79 Å². The highest BCUT2D eigenvalue weighted by Crippen LogP contribution is 2.61. The van der Waals surface area contributed by atoms with Crippen LogP contribution in [0.1, 0.15) is 63.6 Å². The molecule has 0 unspecified atom stereocenters. The standard InChI is InChI=1S/C51H59N3O7Si/c1-33(2)13-12-14-34(3)25-26-52-43-24-19-38(54-44-17-10-11-18-45(44)60-32-48(54)57)28-42(43)51(50(52)58)35(4)49(62(6,7)41-22-20-40(59-5)21-23-41)46(61-51)29-47(56)53-30-37-16-9-8-15-36(37)27-39(53)31-55/h8-11,13,15-25,28,35,39,46,49,55H,12,14,26-27,29-32H2,1-7H3/b34-25+/t35-,39+,46+,49-,51+/m1/s1. The highest BCUT2D eigenvalue weighted by atomic mass is 28.3. The molecule has 1 fully saturated rings. The molecule has 1 saturated heterocycles. The lowest BCUT2D eigenvalue weighted by atomic mass is 9.82. The molecule has 62 heavy (non-hydrogen) atoms. The molecule has 4 heterocycles. The molecule has 0 aliphatic carbocycles. The Kier molecular flexibility index (Phi) is 12.1. The summed E-state index contributed by atoms with van der Waals surface area (Å²) >= 11 is 0. The molecule has 0 bridgehead atoms. The molecule has 4 aliphatic heterocycles. The summed E-state index contributed by atoms with van der Waals surface area (Å²) in [6, 6.07) is 29.2. The maximum Gasteiger partial charge on any atom is 0.269 e. The van der Waals surface area contributed by atoms with Crippen LogP contribution >= 0.6 is 0 Å². The molecular formula is C51H59N3O7Si. The summed E-state index contributed by atoms with van der Waals surface area (Å²) in [4.78, 5) is 49.5. The second-order valence-electron chi connectivity index (χ2n) is 18.2. The fraction of sp³-hybridized carbons (Fsp3) is 0.392. The predicted molar refractivity (Wildman–Crippen MR) is 246 cm³/mol. The first-order chi connectivity index (χ1) is 29.8. The Morgan fingerprint density at radius 1 is 0.935 bits per heavy atom. The van der Waals surface area contributed by atoms with E-state index in [1.165, 1.54) is 11.1 Å². The zero-order valence-electron chi connectivity index (χ0n) is 37.0. The van der Waals surface area contributed by atoms with Gasteiger partial charge in [0.15, 0.2) is 12.2 Å². The molecule has 4 aromatic rings. The number of carbonyl (C=O) groups is 3. The van der Waals surface area contributed by atoms with Gasteiger partial charge in [0.1, 0.15) is 11.5 Å². The molecule has 3 amide bonds. The number of carbonyl (C=O) groups excluding carboxylic acids is 3. The number of ether oxygens (including phenoxy) is 3. The Morgan fingerprint density at radius 2 is 1.66 bits per heavy atom. The lowest BCUT2D eigenvalue weighted by Gasteiger charge is -2.39. The van der Waals surface area contributed by atoms with Gasteiger partial charge in [-0.05, 0) is 99.2 Å². The van der Waals surface area contributed by atoms with Crippen LogP contribution in [-0.4, -0.2) is 74.8 Å². The second-order valence-corrected chi connectivity index (χ2v) is 22.9. The van der Waals surface area contributed by atoms with Crippen LogP contribution in [0.25, 0.3) is 0 Å². The molecule has 0 radical (unpaired) electrons. The van der Waals surface area contributed by atoms with E-state index in [0.717, 1.165) is 40.6 Å². The number of rotatable bonds is 12. The van der Waals surface area contributed by atoms with Crippen molar-refractivity contribution in [1.29, 1.82) is 0 Å². The smallest absolute Gasteiger partial charge is 0.269 e. The van der Waals surface area contributed by atoms with E-state index in [-0.39, 0.29) is 54.9 Å². The van der Waals surface area contributed by atoms with Crippen LogP contribution in [0.5, 0.6) is 11.5 Å². The fourth-order valence-electron chi connectivity index (χ4n) is 10.5. The van der Waals surface area contributed by atoms with E-state index in [0.29, 0.717) is 42.2 Å². The average molecular weight is 854 g/mol. The number of aliphatic hydroxyl groups is 1. The third kappa shape index (κ3) is 7.68. The Balaban J connectivity index is 1.24. The Morgan fingerprint density at radius 3 is 2.39 bits per heavy atom. The molecule has 324 valence electrons. The van der Waals surface area contributed by atoms with Crippen LogP contribution in [0.3, 0.4) is 0 Å². The van der Waals surface area contributed by atoms with E-state index in [9.17, 15) is 14.7 Å². The summed E-state index contributed by atoms with van der Waals surface area (Å²) in [5.74, 6) is 0.487. The van der Waals surface area contributed by atoms with Gasteiger partial charge in [-0.15, -0.1) is 0 Å². The predicted octanol–water partition coefficient (Wildman–Crippen LogP) is 8.34. The van der Waals surface area contributed by atoms with E-state index in [1.807, 2.05) is 77.7 Å². The molecule has 10 nitrogen and oxygen atoms in total. The number of aliphatic hydroxyl groups excluding tert-OH is 1. The maximum absolute atomic E-state index is 15.7. The van der Waals surface area contributed by atoms with Gasteiger partial charge in [0.05, 0.1) is 51.7 Å². The molecule has 1 spiro atoms. The largest absolute Gasteiger partial charge is 0.497 e. The topological polar surface area (TPSA) is 109 Å². The van der Waals surface area contributed by atoms with Crippen molar-refractivity contribution in [3.63, 3.8) is 0 Å². The summed E-state index contributed by atoms with van der Waals surface area (Å²) in [5, 5.41) is 11.8. The van der Waals surface area contributed by atoms with Gasteiger partial charge in [0, 0.05) is 30.3 Å². The Hall–Kier alpha value is -5.49. The zero-order chi connectivity index (χ0) is 43.9. The number of hydrogen-bond acceptors (Lipinski definition) is 7. The SMILES string of the molecule is COc1ccc([Si](C)(C)[C@H]2[C@H](CC(=O)N3Cc4ccccc4C[C@H]3CO)O[C@@]3(C(=O)N(C/C=C(\C)CCC=C(C)C)c4ccc(N5C(=O)COc6ccccc65)cc43)[C@@H]2C)cc1. The number of anilines is 3. The minimum atomic E-state index is -2.61. The molecule has 1 N–H and O–H groups in total. The van der Waals surface area contributed by atoms with Crippen LogP contribution in [0.4, 0.5) is 17.1 Å². The van der Waals surface area contributed by atoms with Gasteiger partial charge in [0.25, 0.3) is 11.8 Å². The van der Waals surface area contributed by atoms with Crippen LogP contribution in [-0.2, 0) is 37.7 Å². The highest BCUT2D eigenvalue weighted by molar-refractivity contribution is 6.91. The first-order valence-corrected chi connectivity index (χ1v) is 25.0. The highest BCUT2D eigenvalue weighted by Gasteiger charge is 2.66. The number of benzene rings is 4. The molecule has 0 saturated carbocycles. The second kappa shape index (κ2) is 17.3. The molecule has 0 aromatic heterocycles. The lowest BCUT2D eigenvalue weighted by Crippen LogP contribution is -2.52. The van der Waals surface area contributed by atoms with Crippen molar-refractivity contribution in [2.24, 2.45) is 5.92 Å². The molecule has 4 aromatic carbocycles. The number of allylic oxidation sites excluding steroid dienone is 3. The van der Waals surface area contributed by atoms with Crippen LogP contribution < -0.4 is 24.5 Å². The van der Waals surface area contributed by atoms with Gasteiger partial charge >= 0.3 is 0 Å². The number of amides is 3. The summed E-state index contributed by atoms with van der Waals surface area (Å²) in [7, 11) is -0.955. The summed E-state index contributed by atoms with van der Waals surface area (Å²) in [5.41, 5.74) is 5.67. The van der Waals surface area contributed by atoms with Gasteiger partial charge < -0.3 is 29.1 Å². The van der Waals surface area contributed by atoms with Gasteiger partial charge in [-0.3, -0.25) is 19.3 Å². The van der Waals surface area contributed by atoms with Crippen molar-refractivity contribution >= 4 is 48.0 Å². The minimum Gasteiger partial charge on any atom is -0.497 e. The van der Waals surface area contributed by atoms with Gasteiger partial charge in [0.2, 0.25) is 5.91 Å². The van der Waals surface area contributed by atoms with E-state index in [4.69, 9.17) is 14.2 Å². The van der Waals surface area contributed by atoms with Crippen LogP contribution in [0.2, 0.25) is 18.6 Å². The summed E-state index contributed by atoms with van der Waals surface area (Å²) in [6.07, 6.45) is 6.12. The third-order valence-corrected chi connectivity index (χ3v) is 18.1. The number of methoxy groups -OCH3 is 1. The number of nitrogens with zero attached hydrogens (tertiary/aromatic N) is 3. The van der Waals surface area contributed by atoms with Gasteiger partial charge in [-0.1, -0.05) is 97.0 Å².